The molecule has 100 valence electrons. The van der Waals surface area contributed by atoms with Crippen LogP contribution in [0.5, 0.6) is 0 Å². The molecule has 0 aliphatic carbocycles. The van der Waals surface area contributed by atoms with E-state index in [9.17, 15) is 0 Å². The van der Waals surface area contributed by atoms with Crippen LogP contribution >= 0.6 is 0 Å². The lowest BCUT2D eigenvalue weighted by atomic mass is 10.1. The molecule has 4 N–H and O–H groups in total. The van der Waals surface area contributed by atoms with Crippen molar-refractivity contribution in [2.24, 2.45) is 5.92 Å². The van der Waals surface area contributed by atoms with Gasteiger partial charge in [-0.15, -0.1) is 0 Å². The molecule has 0 spiro atoms. The zero-order valence-corrected chi connectivity index (χ0v) is 10.9. The molecular formula is C12H28O4. The van der Waals surface area contributed by atoms with E-state index in [0.29, 0.717) is 6.42 Å². The van der Waals surface area contributed by atoms with Crippen LogP contribution in [0.25, 0.3) is 0 Å². The highest BCUT2D eigenvalue weighted by Gasteiger charge is 2.07. The molecule has 0 saturated carbocycles. The minimum absolute atomic E-state index is 0.0278. The maximum Gasteiger partial charge on any atom is 0.154 e. The lowest BCUT2D eigenvalue weighted by molar-refractivity contribution is -0.0804. The van der Waals surface area contributed by atoms with Crippen LogP contribution in [-0.2, 0) is 0 Å². The Morgan fingerprint density at radius 2 is 1.44 bits per heavy atom. The van der Waals surface area contributed by atoms with Crippen molar-refractivity contribution in [1.82, 2.24) is 0 Å². The van der Waals surface area contributed by atoms with E-state index >= 15 is 0 Å². The van der Waals surface area contributed by atoms with Crippen LogP contribution in [0.15, 0.2) is 0 Å². The average molecular weight is 236 g/mol. The molecule has 3 unspecified atom stereocenters. The van der Waals surface area contributed by atoms with Crippen LogP contribution in [0, 0.1) is 5.92 Å². The van der Waals surface area contributed by atoms with E-state index in [-0.39, 0.29) is 18.1 Å². The molecule has 0 aromatic heterocycles. The molecule has 0 radical (unpaired) electrons. The predicted molar refractivity (Wildman–Crippen MR) is 64.9 cm³/mol. The first kappa shape index (κ1) is 18.2. The first-order valence-electron chi connectivity index (χ1n) is 6.07. The van der Waals surface area contributed by atoms with E-state index < -0.39 is 6.29 Å². The predicted octanol–water partition coefficient (Wildman–Crippen LogP) is 1.26. The third kappa shape index (κ3) is 13.8. The molecule has 0 aromatic rings. The summed E-state index contributed by atoms with van der Waals surface area (Å²) in [7, 11) is 0. The number of hydrogen-bond donors (Lipinski definition) is 4. The Bertz CT molecular complexity index is 137. The quantitative estimate of drug-likeness (QED) is 0.523. The molecule has 0 fully saturated rings. The highest BCUT2D eigenvalue weighted by atomic mass is 16.5. The molecule has 0 heterocycles. The van der Waals surface area contributed by atoms with Crippen LogP contribution in [-0.4, -0.2) is 38.9 Å². The first-order valence-corrected chi connectivity index (χ1v) is 6.07. The van der Waals surface area contributed by atoms with Gasteiger partial charge in [-0.2, -0.15) is 0 Å². The second kappa shape index (κ2) is 11.3. The van der Waals surface area contributed by atoms with E-state index in [2.05, 4.69) is 0 Å². The minimum Gasteiger partial charge on any atom is -0.393 e. The molecule has 0 aliphatic rings. The van der Waals surface area contributed by atoms with Gasteiger partial charge in [0.1, 0.15) is 0 Å². The molecule has 0 saturated heterocycles. The summed E-state index contributed by atoms with van der Waals surface area (Å²) in [6, 6.07) is 0. The molecule has 16 heavy (non-hydrogen) atoms. The fraction of sp³-hybridized carbons (Fsp3) is 1.00. The molecule has 0 amide bonds. The summed E-state index contributed by atoms with van der Waals surface area (Å²) in [5.41, 5.74) is 0. The van der Waals surface area contributed by atoms with Crippen molar-refractivity contribution >= 4 is 0 Å². The summed E-state index contributed by atoms with van der Waals surface area (Å²) in [6.07, 6.45) is 1.30. The summed E-state index contributed by atoms with van der Waals surface area (Å²) < 4.78 is 0. The van der Waals surface area contributed by atoms with Crippen LogP contribution in [0.4, 0.5) is 0 Å². The summed E-state index contributed by atoms with van der Waals surface area (Å²) in [4.78, 5) is 0. The number of aliphatic hydroxyl groups excluding tert-OH is 3. The Kier molecular flexibility index (Phi) is 12.9. The van der Waals surface area contributed by atoms with Crippen LogP contribution < -0.4 is 0 Å². The van der Waals surface area contributed by atoms with Gasteiger partial charge in [0.05, 0.1) is 12.2 Å². The van der Waals surface area contributed by atoms with E-state index in [1.165, 1.54) is 0 Å². The van der Waals surface area contributed by atoms with Crippen molar-refractivity contribution in [3.05, 3.63) is 0 Å². The third-order valence-electron chi connectivity index (χ3n) is 2.34. The first-order chi connectivity index (χ1) is 7.34. The number of rotatable bonds is 6. The molecule has 0 aromatic carbocycles. The van der Waals surface area contributed by atoms with E-state index in [0.717, 1.165) is 19.3 Å². The van der Waals surface area contributed by atoms with Crippen molar-refractivity contribution in [2.45, 2.75) is 71.9 Å². The normalized spacial score (nSPS) is 16.3. The Morgan fingerprint density at radius 3 is 1.56 bits per heavy atom. The van der Waals surface area contributed by atoms with Gasteiger partial charge in [0.25, 0.3) is 0 Å². The SMILES string of the molecule is CCC(O)CC(C)O.CCCC(C)C(O)O. The molecule has 0 bridgehead atoms. The lowest BCUT2D eigenvalue weighted by Crippen LogP contribution is -2.15. The summed E-state index contributed by atoms with van der Waals surface area (Å²) in [5, 5.41) is 34.6. The largest absolute Gasteiger partial charge is 0.393 e. The van der Waals surface area contributed by atoms with Gasteiger partial charge in [0.15, 0.2) is 6.29 Å². The molecule has 4 heteroatoms. The summed E-state index contributed by atoms with van der Waals surface area (Å²) in [6.45, 7) is 7.43. The highest BCUT2D eigenvalue weighted by Crippen LogP contribution is 2.07. The standard InChI is InChI=1S/2C6H14O2/c1-3-6(8)4-5(2)7;1-3-4-5(2)6(7)8/h2*5-8H,3-4H2,1-2H3. The van der Waals surface area contributed by atoms with Crippen molar-refractivity contribution in [2.75, 3.05) is 0 Å². The Balaban J connectivity index is 0. The van der Waals surface area contributed by atoms with Gasteiger partial charge in [-0.1, -0.05) is 27.2 Å². The van der Waals surface area contributed by atoms with Crippen molar-refractivity contribution in [3.63, 3.8) is 0 Å². The number of aliphatic hydroxyl groups is 4. The van der Waals surface area contributed by atoms with E-state index in [1.807, 2.05) is 20.8 Å². The van der Waals surface area contributed by atoms with Crippen LogP contribution in [0.1, 0.15) is 53.4 Å². The second-order valence-electron chi connectivity index (χ2n) is 4.33. The van der Waals surface area contributed by atoms with Crippen LogP contribution in [0.3, 0.4) is 0 Å². The summed E-state index contributed by atoms with van der Waals surface area (Å²) in [5.74, 6) is 0.0278. The molecule has 0 rings (SSSR count). The second-order valence-corrected chi connectivity index (χ2v) is 4.33. The van der Waals surface area contributed by atoms with Gasteiger partial charge in [-0.25, -0.2) is 0 Å². The fourth-order valence-electron chi connectivity index (χ4n) is 1.16. The van der Waals surface area contributed by atoms with Crippen molar-refractivity contribution in [1.29, 1.82) is 0 Å². The van der Waals surface area contributed by atoms with E-state index in [1.54, 1.807) is 6.92 Å². The minimum atomic E-state index is -1.13. The zero-order chi connectivity index (χ0) is 13.1. The molecule has 0 aliphatic heterocycles. The van der Waals surface area contributed by atoms with Gasteiger partial charge in [-0.3, -0.25) is 0 Å². The Hall–Kier alpha value is -0.160. The Morgan fingerprint density at radius 1 is 0.938 bits per heavy atom. The van der Waals surface area contributed by atoms with Gasteiger partial charge in [-0.05, 0) is 26.2 Å². The van der Waals surface area contributed by atoms with Gasteiger partial charge in [0.2, 0.25) is 0 Å². The van der Waals surface area contributed by atoms with Crippen LogP contribution in [0.2, 0.25) is 0 Å². The topological polar surface area (TPSA) is 80.9 Å². The Labute approximate surface area is 98.9 Å². The van der Waals surface area contributed by atoms with Gasteiger partial charge < -0.3 is 20.4 Å². The highest BCUT2D eigenvalue weighted by molar-refractivity contribution is 4.55. The van der Waals surface area contributed by atoms with Gasteiger partial charge >= 0.3 is 0 Å². The molecule has 4 nitrogen and oxygen atoms in total. The fourth-order valence-corrected chi connectivity index (χ4v) is 1.16. The van der Waals surface area contributed by atoms with Crippen molar-refractivity contribution < 1.29 is 20.4 Å². The van der Waals surface area contributed by atoms with Crippen molar-refractivity contribution in [3.8, 4) is 0 Å². The summed E-state index contributed by atoms with van der Waals surface area (Å²) >= 11 is 0. The number of hydrogen-bond acceptors (Lipinski definition) is 4. The van der Waals surface area contributed by atoms with E-state index in [4.69, 9.17) is 20.4 Å². The molecular weight excluding hydrogens is 208 g/mol. The van der Waals surface area contributed by atoms with Gasteiger partial charge in [0, 0.05) is 5.92 Å². The monoisotopic (exact) mass is 236 g/mol. The smallest absolute Gasteiger partial charge is 0.154 e. The third-order valence-corrected chi connectivity index (χ3v) is 2.34. The lowest BCUT2D eigenvalue weighted by Gasteiger charge is -2.10. The average Bonchev–Trinajstić information content (AvgIpc) is 2.18. The zero-order valence-electron chi connectivity index (χ0n) is 10.9. The molecule has 3 atom stereocenters. The maximum atomic E-state index is 8.87. The maximum absolute atomic E-state index is 8.87.